The summed E-state index contributed by atoms with van der Waals surface area (Å²) in [6.45, 7) is 3.56. The van der Waals surface area contributed by atoms with Gasteiger partial charge in [0.05, 0.1) is 22.6 Å². The van der Waals surface area contributed by atoms with Crippen LogP contribution in [0.3, 0.4) is 0 Å². The van der Waals surface area contributed by atoms with Crippen molar-refractivity contribution in [3.05, 3.63) is 46.1 Å². The SMILES string of the molecule is CCOC(=O)c1c(NC(=O)c2cccnc2)sc(C(=O)N(C)C)c1C. The largest absolute Gasteiger partial charge is 0.462 e. The summed E-state index contributed by atoms with van der Waals surface area (Å²) in [7, 11) is 3.25. The van der Waals surface area contributed by atoms with E-state index in [4.69, 9.17) is 4.74 Å². The van der Waals surface area contributed by atoms with Crippen LogP contribution in [0.25, 0.3) is 0 Å². The van der Waals surface area contributed by atoms with Crippen molar-refractivity contribution >= 4 is 34.1 Å². The lowest BCUT2D eigenvalue weighted by Crippen LogP contribution is -2.21. The van der Waals surface area contributed by atoms with Gasteiger partial charge in [-0.3, -0.25) is 14.6 Å². The molecule has 0 saturated heterocycles. The lowest BCUT2D eigenvalue weighted by atomic mass is 10.1. The van der Waals surface area contributed by atoms with Crippen LogP contribution in [0.1, 0.15) is 42.9 Å². The van der Waals surface area contributed by atoms with E-state index in [1.165, 1.54) is 11.1 Å². The molecule has 0 atom stereocenters. The van der Waals surface area contributed by atoms with E-state index in [1.807, 2.05) is 0 Å². The Morgan fingerprint density at radius 3 is 2.60 bits per heavy atom. The maximum atomic E-state index is 12.4. The van der Waals surface area contributed by atoms with E-state index in [9.17, 15) is 14.4 Å². The molecule has 2 rings (SSSR count). The number of amides is 2. The van der Waals surface area contributed by atoms with Crippen LogP contribution in [-0.2, 0) is 4.74 Å². The standard InChI is InChI=1S/C17H19N3O4S/c1-5-24-17(23)12-10(2)13(16(22)20(3)4)25-15(12)19-14(21)11-7-6-8-18-9-11/h6-9H,5H2,1-4H3,(H,19,21). The number of esters is 1. The molecule has 2 amide bonds. The molecule has 0 aliphatic heterocycles. The van der Waals surface area contributed by atoms with Crippen molar-refractivity contribution in [3.63, 3.8) is 0 Å². The molecule has 0 aliphatic rings. The molecule has 0 bridgehead atoms. The van der Waals surface area contributed by atoms with Crippen LogP contribution in [0.4, 0.5) is 5.00 Å². The Kier molecular flexibility index (Phi) is 5.87. The molecule has 1 N–H and O–H groups in total. The molecule has 2 aromatic rings. The van der Waals surface area contributed by atoms with Gasteiger partial charge >= 0.3 is 5.97 Å². The Hall–Kier alpha value is -2.74. The summed E-state index contributed by atoms with van der Waals surface area (Å²) in [6.07, 6.45) is 2.98. The minimum atomic E-state index is -0.574. The summed E-state index contributed by atoms with van der Waals surface area (Å²) in [6, 6.07) is 3.25. The van der Waals surface area contributed by atoms with Crippen LogP contribution in [0.5, 0.6) is 0 Å². The maximum Gasteiger partial charge on any atom is 0.341 e. The number of ether oxygens (including phenoxy) is 1. The van der Waals surface area contributed by atoms with E-state index in [0.717, 1.165) is 11.3 Å². The number of hydrogen-bond donors (Lipinski definition) is 1. The summed E-state index contributed by atoms with van der Waals surface area (Å²) >= 11 is 1.06. The zero-order valence-corrected chi connectivity index (χ0v) is 15.3. The lowest BCUT2D eigenvalue weighted by molar-refractivity contribution is 0.0527. The molecule has 25 heavy (non-hydrogen) atoms. The average Bonchev–Trinajstić information content (AvgIpc) is 2.91. The highest BCUT2D eigenvalue weighted by molar-refractivity contribution is 7.18. The smallest absolute Gasteiger partial charge is 0.341 e. The van der Waals surface area contributed by atoms with E-state index < -0.39 is 11.9 Å². The van der Waals surface area contributed by atoms with Gasteiger partial charge in [-0.1, -0.05) is 0 Å². The van der Waals surface area contributed by atoms with Crippen LogP contribution in [0.15, 0.2) is 24.5 Å². The summed E-state index contributed by atoms with van der Waals surface area (Å²) in [5.74, 6) is -1.23. The minimum Gasteiger partial charge on any atom is -0.462 e. The molecule has 2 aromatic heterocycles. The number of thiophene rings is 1. The topological polar surface area (TPSA) is 88.6 Å². The van der Waals surface area contributed by atoms with Gasteiger partial charge in [-0.2, -0.15) is 0 Å². The van der Waals surface area contributed by atoms with Crippen LogP contribution >= 0.6 is 11.3 Å². The fraction of sp³-hybridized carbons (Fsp3) is 0.294. The number of anilines is 1. The van der Waals surface area contributed by atoms with Gasteiger partial charge in [-0.25, -0.2) is 4.79 Å². The van der Waals surface area contributed by atoms with Crippen molar-refractivity contribution in [1.29, 1.82) is 0 Å². The second kappa shape index (κ2) is 7.89. The molecule has 2 heterocycles. The third-order valence-electron chi connectivity index (χ3n) is 3.38. The highest BCUT2D eigenvalue weighted by Crippen LogP contribution is 2.34. The van der Waals surface area contributed by atoms with Gasteiger partial charge in [-0.05, 0) is 31.5 Å². The van der Waals surface area contributed by atoms with Crippen molar-refractivity contribution < 1.29 is 19.1 Å². The second-order valence-electron chi connectivity index (χ2n) is 5.38. The number of rotatable bonds is 5. The molecular formula is C17H19N3O4S. The van der Waals surface area contributed by atoms with Gasteiger partial charge in [0.25, 0.3) is 11.8 Å². The van der Waals surface area contributed by atoms with Crippen molar-refractivity contribution in [1.82, 2.24) is 9.88 Å². The fourth-order valence-electron chi connectivity index (χ4n) is 2.13. The molecule has 0 aromatic carbocycles. The van der Waals surface area contributed by atoms with E-state index in [1.54, 1.807) is 46.3 Å². The zero-order chi connectivity index (χ0) is 18.6. The van der Waals surface area contributed by atoms with Gasteiger partial charge < -0.3 is 15.0 Å². The number of pyridine rings is 1. The second-order valence-corrected chi connectivity index (χ2v) is 6.40. The molecule has 0 saturated carbocycles. The highest BCUT2D eigenvalue weighted by Gasteiger charge is 2.27. The van der Waals surface area contributed by atoms with Crippen molar-refractivity contribution in [2.75, 3.05) is 26.0 Å². The van der Waals surface area contributed by atoms with E-state index in [2.05, 4.69) is 10.3 Å². The summed E-state index contributed by atoms with van der Waals surface area (Å²) in [5, 5.41) is 2.98. The summed E-state index contributed by atoms with van der Waals surface area (Å²) < 4.78 is 5.07. The molecule has 0 spiro atoms. The van der Waals surface area contributed by atoms with Gasteiger partial charge in [0, 0.05) is 26.5 Å². The van der Waals surface area contributed by atoms with Crippen molar-refractivity contribution in [2.24, 2.45) is 0 Å². The molecular weight excluding hydrogens is 342 g/mol. The maximum absolute atomic E-state index is 12.4. The van der Waals surface area contributed by atoms with E-state index in [-0.39, 0.29) is 23.1 Å². The molecule has 0 radical (unpaired) electrons. The van der Waals surface area contributed by atoms with Crippen molar-refractivity contribution in [2.45, 2.75) is 13.8 Å². The third-order valence-corrected chi connectivity index (χ3v) is 4.57. The van der Waals surface area contributed by atoms with Gasteiger partial charge in [0.1, 0.15) is 5.00 Å². The highest BCUT2D eigenvalue weighted by atomic mass is 32.1. The minimum absolute atomic E-state index is 0.196. The molecule has 7 nitrogen and oxygen atoms in total. The number of nitrogens with zero attached hydrogens (tertiary/aromatic N) is 2. The van der Waals surface area contributed by atoms with Crippen LogP contribution in [0.2, 0.25) is 0 Å². The van der Waals surface area contributed by atoms with Crippen molar-refractivity contribution in [3.8, 4) is 0 Å². The van der Waals surface area contributed by atoms with Crippen LogP contribution in [-0.4, -0.2) is 48.4 Å². The Balaban J connectivity index is 2.44. The molecule has 8 heteroatoms. The number of carbonyl (C=O) groups is 3. The number of aromatic nitrogens is 1. The Morgan fingerprint density at radius 2 is 2.04 bits per heavy atom. The zero-order valence-electron chi connectivity index (χ0n) is 14.5. The summed E-state index contributed by atoms with van der Waals surface area (Å²) in [5.41, 5.74) is 1.04. The lowest BCUT2D eigenvalue weighted by Gasteiger charge is -2.09. The van der Waals surface area contributed by atoms with Crippen LogP contribution in [0, 0.1) is 6.92 Å². The first-order valence-electron chi connectivity index (χ1n) is 7.60. The fourth-order valence-corrected chi connectivity index (χ4v) is 3.34. The predicted octanol–water partition coefficient (Wildman–Crippen LogP) is 2.58. The Bertz CT molecular complexity index is 800. The average molecular weight is 361 g/mol. The predicted molar refractivity (Wildman–Crippen MR) is 95.2 cm³/mol. The van der Waals surface area contributed by atoms with Gasteiger partial charge in [-0.15, -0.1) is 11.3 Å². The van der Waals surface area contributed by atoms with Gasteiger partial charge in [0.15, 0.2) is 0 Å². The quantitative estimate of drug-likeness (QED) is 0.827. The monoisotopic (exact) mass is 361 g/mol. The Labute approximate surface area is 149 Å². The van der Waals surface area contributed by atoms with E-state index in [0.29, 0.717) is 16.0 Å². The summed E-state index contributed by atoms with van der Waals surface area (Å²) in [4.78, 5) is 42.7. The number of hydrogen-bond acceptors (Lipinski definition) is 6. The Morgan fingerprint density at radius 1 is 1.32 bits per heavy atom. The molecule has 0 fully saturated rings. The third kappa shape index (κ3) is 4.03. The number of carbonyl (C=O) groups excluding carboxylic acids is 3. The van der Waals surface area contributed by atoms with E-state index >= 15 is 0 Å². The molecule has 0 aliphatic carbocycles. The normalized spacial score (nSPS) is 10.2. The first kappa shape index (κ1) is 18.6. The number of nitrogens with one attached hydrogen (secondary N) is 1. The van der Waals surface area contributed by atoms with Crippen LogP contribution < -0.4 is 5.32 Å². The first-order chi connectivity index (χ1) is 11.9. The molecule has 0 unspecified atom stereocenters. The first-order valence-corrected chi connectivity index (χ1v) is 8.42. The molecule has 132 valence electrons. The van der Waals surface area contributed by atoms with Gasteiger partial charge in [0.2, 0.25) is 0 Å².